The number of aromatic nitrogens is 4. The van der Waals surface area contributed by atoms with Crippen molar-refractivity contribution in [2.24, 2.45) is 5.11 Å². The van der Waals surface area contributed by atoms with Gasteiger partial charge in [-0.3, -0.25) is 0 Å². The number of benzene rings is 2. The molecular formula is C24H22BrN7O4S. The van der Waals surface area contributed by atoms with Gasteiger partial charge in [0.15, 0.2) is 12.1 Å². The topological polar surface area (TPSA) is 140 Å². The van der Waals surface area contributed by atoms with Crippen molar-refractivity contribution in [1.82, 2.24) is 19.7 Å². The second-order valence-corrected chi connectivity index (χ2v) is 11.0. The minimum atomic E-state index is -1.23. The molecule has 2 aliphatic heterocycles. The number of ether oxygens (including phenoxy) is 3. The third-order valence-corrected chi connectivity index (χ3v) is 7.93. The first-order chi connectivity index (χ1) is 17.9. The fraction of sp³-hybridized carbons (Fsp3) is 0.375. The van der Waals surface area contributed by atoms with Gasteiger partial charge in [0.25, 0.3) is 0 Å². The van der Waals surface area contributed by atoms with Gasteiger partial charge in [0.1, 0.15) is 24.1 Å². The number of azide groups is 1. The van der Waals surface area contributed by atoms with Crippen LogP contribution in [0.25, 0.3) is 26.3 Å². The van der Waals surface area contributed by atoms with E-state index in [2.05, 4.69) is 41.0 Å². The van der Waals surface area contributed by atoms with Gasteiger partial charge in [0, 0.05) is 14.9 Å². The van der Waals surface area contributed by atoms with Crippen LogP contribution in [-0.4, -0.2) is 55.8 Å². The van der Waals surface area contributed by atoms with Crippen LogP contribution in [0, 0.1) is 13.8 Å². The molecule has 2 aromatic carbocycles. The first-order valence-corrected chi connectivity index (χ1v) is 13.2. The summed E-state index contributed by atoms with van der Waals surface area (Å²) in [6, 6.07) is 12.4. The quantitative estimate of drug-likeness (QED) is 0.205. The van der Waals surface area contributed by atoms with Crippen LogP contribution in [0.5, 0.6) is 0 Å². The lowest BCUT2D eigenvalue weighted by atomic mass is 9.91. The predicted octanol–water partition coefficient (Wildman–Crippen LogP) is 4.85. The van der Waals surface area contributed by atoms with E-state index in [0.29, 0.717) is 11.6 Å². The summed E-state index contributed by atoms with van der Waals surface area (Å²) < 4.78 is 21.9. The lowest BCUT2D eigenvalue weighted by Gasteiger charge is -2.46. The zero-order valence-corrected chi connectivity index (χ0v) is 22.2. The Hall–Kier alpha value is -2.90. The first-order valence-electron chi connectivity index (χ1n) is 11.6. The summed E-state index contributed by atoms with van der Waals surface area (Å²) in [4.78, 5) is 12.2. The number of halogens is 1. The minimum Gasteiger partial charge on any atom is -0.389 e. The maximum Gasteiger partial charge on any atom is 0.184 e. The van der Waals surface area contributed by atoms with Crippen LogP contribution in [0.15, 0.2) is 52.1 Å². The van der Waals surface area contributed by atoms with Crippen LogP contribution in [-0.2, 0) is 14.2 Å². The molecule has 0 spiro atoms. The normalized spacial score (nSPS) is 27.6. The molecule has 1 N–H and O–H groups in total. The highest BCUT2D eigenvalue weighted by molar-refractivity contribution is 9.10. The Bertz CT molecular complexity index is 1510. The third kappa shape index (κ3) is 4.42. The van der Waals surface area contributed by atoms with Gasteiger partial charge in [-0.05, 0) is 47.4 Å². The molecule has 1 unspecified atom stereocenters. The molecular weight excluding hydrogens is 562 g/mol. The van der Waals surface area contributed by atoms with E-state index in [-0.39, 0.29) is 6.61 Å². The van der Waals surface area contributed by atoms with Gasteiger partial charge in [-0.25, -0.2) is 14.6 Å². The number of aryl methyl sites for hydroxylation is 2. The molecule has 6 atom stereocenters. The van der Waals surface area contributed by atoms with Crippen molar-refractivity contribution in [3.63, 3.8) is 0 Å². The molecule has 0 radical (unpaired) electrons. The lowest BCUT2D eigenvalue weighted by molar-refractivity contribution is -0.309. The van der Waals surface area contributed by atoms with E-state index >= 15 is 0 Å². The monoisotopic (exact) mass is 583 g/mol. The number of aliphatic hydroxyl groups excluding tert-OH is 1. The zero-order chi connectivity index (χ0) is 25.7. The van der Waals surface area contributed by atoms with Gasteiger partial charge >= 0.3 is 0 Å². The van der Waals surface area contributed by atoms with E-state index in [4.69, 9.17) is 14.2 Å². The number of nitrogens with zero attached hydrogens (tertiary/aromatic N) is 7. The Labute approximate surface area is 223 Å². The molecule has 190 valence electrons. The van der Waals surface area contributed by atoms with E-state index in [1.807, 2.05) is 49.4 Å². The predicted molar refractivity (Wildman–Crippen MR) is 138 cm³/mol. The second kappa shape index (κ2) is 9.76. The van der Waals surface area contributed by atoms with Gasteiger partial charge in [0.2, 0.25) is 0 Å². The Balaban J connectivity index is 1.36. The molecule has 2 fully saturated rings. The SMILES string of the molecule is Cc1nc([C@@H]2O[C@@H]3COC(c4ccccc4)O[C@@H]3[C@H](N=[N+]=[N-])[C@H]2O)n(-c2cc(Br)c3nc(C)sc3c2)n1. The van der Waals surface area contributed by atoms with Crippen molar-refractivity contribution in [2.45, 2.75) is 50.6 Å². The van der Waals surface area contributed by atoms with Crippen LogP contribution >= 0.6 is 27.3 Å². The highest BCUT2D eigenvalue weighted by Crippen LogP contribution is 2.41. The van der Waals surface area contributed by atoms with Gasteiger partial charge < -0.3 is 19.3 Å². The van der Waals surface area contributed by atoms with E-state index < -0.39 is 36.7 Å². The number of thiazole rings is 1. The molecule has 2 aromatic heterocycles. The highest BCUT2D eigenvalue weighted by atomic mass is 79.9. The summed E-state index contributed by atoms with van der Waals surface area (Å²) in [7, 11) is 0. The van der Waals surface area contributed by atoms with Crippen molar-refractivity contribution in [2.75, 3.05) is 6.61 Å². The molecule has 2 aliphatic rings. The third-order valence-electron chi connectivity index (χ3n) is 6.41. The number of rotatable bonds is 4. The Morgan fingerprint density at radius 1 is 1.19 bits per heavy atom. The molecule has 0 aliphatic carbocycles. The van der Waals surface area contributed by atoms with Crippen LogP contribution in [0.2, 0.25) is 0 Å². The van der Waals surface area contributed by atoms with Gasteiger partial charge in [0.05, 0.1) is 39.7 Å². The Morgan fingerprint density at radius 2 is 2.00 bits per heavy atom. The molecule has 0 amide bonds. The standard InChI is InChI=1S/C24H22BrN7O4S/c1-11-27-23(32(30-11)14-8-15(25)18-17(9-14)37-12(2)28-18)22-20(33)19(29-31-26)21-16(35-22)10-34-24(36-21)13-6-4-3-5-7-13/h3-9,16,19-22,24,33H,10H2,1-2H3/t16-,19-,20-,21+,22-,24?/m1/s1. The summed E-state index contributed by atoms with van der Waals surface area (Å²) in [5.74, 6) is 0.893. The summed E-state index contributed by atoms with van der Waals surface area (Å²) >= 11 is 5.18. The van der Waals surface area contributed by atoms with E-state index in [1.165, 1.54) is 0 Å². The van der Waals surface area contributed by atoms with Crippen LogP contribution < -0.4 is 0 Å². The molecule has 0 saturated carbocycles. The molecule has 2 saturated heterocycles. The van der Waals surface area contributed by atoms with Gasteiger partial charge in [-0.1, -0.05) is 35.4 Å². The molecule has 4 heterocycles. The molecule has 13 heteroatoms. The highest BCUT2D eigenvalue weighted by Gasteiger charge is 2.51. The summed E-state index contributed by atoms with van der Waals surface area (Å²) in [6.45, 7) is 3.91. The zero-order valence-electron chi connectivity index (χ0n) is 19.8. The number of aliphatic hydroxyl groups is 1. The molecule has 6 rings (SSSR count). The molecule has 37 heavy (non-hydrogen) atoms. The Kier molecular flexibility index (Phi) is 6.45. The first kappa shape index (κ1) is 24.4. The summed E-state index contributed by atoms with van der Waals surface area (Å²) in [6.07, 6.45) is -4.12. The van der Waals surface area contributed by atoms with Crippen LogP contribution in [0.1, 0.15) is 34.6 Å². The van der Waals surface area contributed by atoms with Crippen molar-refractivity contribution < 1.29 is 19.3 Å². The molecule has 4 aromatic rings. The maximum absolute atomic E-state index is 11.4. The largest absolute Gasteiger partial charge is 0.389 e. The van der Waals surface area contributed by atoms with E-state index in [1.54, 1.807) is 22.9 Å². The fourth-order valence-corrected chi connectivity index (χ4v) is 6.37. The number of hydrogen-bond donors (Lipinski definition) is 1. The second-order valence-electron chi connectivity index (χ2n) is 8.89. The van der Waals surface area contributed by atoms with E-state index in [0.717, 1.165) is 30.9 Å². The van der Waals surface area contributed by atoms with Crippen LogP contribution in [0.3, 0.4) is 0 Å². The van der Waals surface area contributed by atoms with Gasteiger partial charge in [-0.15, -0.1) is 11.3 Å². The average molecular weight is 584 g/mol. The smallest absolute Gasteiger partial charge is 0.184 e. The Morgan fingerprint density at radius 3 is 2.78 bits per heavy atom. The minimum absolute atomic E-state index is 0.190. The number of hydrogen-bond acceptors (Lipinski definition) is 9. The van der Waals surface area contributed by atoms with Gasteiger partial charge in [-0.2, -0.15) is 5.10 Å². The van der Waals surface area contributed by atoms with Crippen molar-refractivity contribution in [3.8, 4) is 5.69 Å². The summed E-state index contributed by atoms with van der Waals surface area (Å²) in [5, 5.41) is 20.9. The molecule has 11 nitrogen and oxygen atoms in total. The maximum atomic E-state index is 11.4. The fourth-order valence-electron chi connectivity index (χ4n) is 4.81. The van der Waals surface area contributed by atoms with Crippen molar-refractivity contribution >= 4 is 37.5 Å². The van der Waals surface area contributed by atoms with Crippen molar-refractivity contribution in [1.29, 1.82) is 0 Å². The molecule has 0 bridgehead atoms. The lowest BCUT2D eigenvalue weighted by Crippen LogP contribution is -2.58. The average Bonchev–Trinajstić information content (AvgIpc) is 3.48. The number of fused-ring (bicyclic) bond motifs is 2. The summed E-state index contributed by atoms with van der Waals surface area (Å²) in [5.41, 5.74) is 11.7. The van der Waals surface area contributed by atoms with Crippen molar-refractivity contribution in [3.05, 3.63) is 79.6 Å². The van der Waals surface area contributed by atoms with Crippen LogP contribution in [0.4, 0.5) is 0 Å². The van der Waals surface area contributed by atoms with E-state index in [9.17, 15) is 10.6 Å².